The van der Waals surface area contributed by atoms with Crippen LogP contribution < -0.4 is 5.32 Å². The topological polar surface area (TPSA) is 71.2 Å². The Morgan fingerprint density at radius 1 is 1.36 bits per heavy atom. The van der Waals surface area contributed by atoms with Crippen LogP contribution >= 0.6 is 0 Å². The molecular weight excluding hydrogens is 182 g/mol. The molecule has 5 nitrogen and oxygen atoms in total. The molecule has 5 heteroatoms. The van der Waals surface area contributed by atoms with Gasteiger partial charge in [-0.05, 0) is 28.9 Å². The molecule has 2 N–H and O–H groups in total. The fourth-order valence-corrected chi connectivity index (χ4v) is 1.32. The number of benzene rings is 1. The molecule has 1 aromatic carbocycles. The number of rotatable bonds is 3. The summed E-state index contributed by atoms with van der Waals surface area (Å²) in [7, 11) is 0. The van der Waals surface area contributed by atoms with Gasteiger partial charge in [-0.25, -0.2) is 4.63 Å². The van der Waals surface area contributed by atoms with Crippen molar-refractivity contribution in [2.45, 2.75) is 6.92 Å². The quantitative estimate of drug-likeness (QED) is 0.758. The lowest BCUT2D eigenvalue weighted by molar-refractivity contribution is 0.310. The molecular formula is C9H11N3O2. The van der Waals surface area contributed by atoms with Crippen LogP contribution in [0.3, 0.4) is 0 Å². The maximum atomic E-state index is 8.68. The van der Waals surface area contributed by atoms with Gasteiger partial charge in [0.05, 0.1) is 12.3 Å². The first-order valence-corrected chi connectivity index (χ1v) is 4.39. The van der Waals surface area contributed by atoms with E-state index in [9.17, 15) is 0 Å². The lowest BCUT2D eigenvalue weighted by Crippen LogP contribution is -2.05. The van der Waals surface area contributed by atoms with Gasteiger partial charge < -0.3 is 10.4 Å². The molecule has 2 aromatic rings. The molecule has 0 bridgehead atoms. The molecule has 0 aliphatic heterocycles. The maximum absolute atomic E-state index is 8.68. The minimum absolute atomic E-state index is 0.0840. The summed E-state index contributed by atoms with van der Waals surface area (Å²) in [5, 5.41) is 19.3. The van der Waals surface area contributed by atoms with Crippen LogP contribution in [-0.2, 0) is 0 Å². The highest BCUT2D eigenvalue weighted by atomic mass is 16.6. The van der Waals surface area contributed by atoms with Gasteiger partial charge in [0.1, 0.15) is 5.52 Å². The molecule has 2 rings (SSSR count). The van der Waals surface area contributed by atoms with Crippen molar-refractivity contribution in [1.82, 2.24) is 10.3 Å². The molecule has 0 radical (unpaired) electrons. The van der Waals surface area contributed by atoms with Gasteiger partial charge in [0, 0.05) is 6.54 Å². The van der Waals surface area contributed by atoms with E-state index in [0.717, 1.165) is 16.8 Å². The van der Waals surface area contributed by atoms with Crippen molar-refractivity contribution in [2.24, 2.45) is 0 Å². The summed E-state index contributed by atoms with van der Waals surface area (Å²) < 4.78 is 4.66. The van der Waals surface area contributed by atoms with Gasteiger partial charge >= 0.3 is 0 Å². The predicted molar refractivity (Wildman–Crippen MR) is 52.1 cm³/mol. The van der Waals surface area contributed by atoms with Gasteiger partial charge in [-0.2, -0.15) is 0 Å². The molecule has 0 spiro atoms. The summed E-state index contributed by atoms with van der Waals surface area (Å²) in [4.78, 5) is 0. The van der Waals surface area contributed by atoms with Gasteiger partial charge in [-0.3, -0.25) is 0 Å². The summed E-state index contributed by atoms with van der Waals surface area (Å²) in [5.41, 5.74) is 3.32. The van der Waals surface area contributed by atoms with Crippen LogP contribution in [0.1, 0.15) is 5.56 Å². The number of hydrogen-bond donors (Lipinski definition) is 2. The van der Waals surface area contributed by atoms with Crippen molar-refractivity contribution in [3.63, 3.8) is 0 Å². The number of fused-ring (bicyclic) bond motifs is 1. The summed E-state index contributed by atoms with van der Waals surface area (Å²) in [6.07, 6.45) is 0. The number of nitrogens with zero attached hydrogens (tertiary/aromatic N) is 2. The number of aryl methyl sites for hydroxylation is 1. The predicted octanol–water partition coefficient (Wildman–Crippen LogP) is 0.935. The fourth-order valence-electron chi connectivity index (χ4n) is 1.32. The molecule has 0 saturated carbocycles. The zero-order valence-corrected chi connectivity index (χ0v) is 7.82. The van der Waals surface area contributed by atoms with E-state index in [1.165, 1.54) is 0 Å². The zero-order valence-electron chi connectivity index (χ0n) is 7.82. The standard InChI is InChI=1S/C9H11N3O2/c1-6-2-3-7(10-4-5-13)9-8(6)11-14-12-9/h2-3,10,13H,4-5H2,1H3. The summed E-state index contributed by atoms with van der Waals surface area (Å²) >= 11 is 0. The average Bonchev–Trinajstić information content (AvgIpc) is 2.66. The van der Waals surface area contributed by atoms with E-state index < -0.39 is 0 Å². The molecule has 0 saturated heterocycles. The fraction of sp³-hybridized carbons (Fsp3) is 0.333. The Morgan fingerprint density at radius 3 is 2.93 bits per heavy atom. The van der Waals surface area contributed by atoms with Crippen LogP contribution in [0, 0.1) is 6.92 Å². The average molecular weight is 193 g/mol. The molecule has 74 valence electrons. The van der Waals surface area contributed by atoms with Crippen molar-refractivity contribution in [3.8, 4) is 0 Å². The van der Waals surface area contributed by atoms with Crippen LogP contribution in [0.2, 0.25) is 0 Å². The van der Waals surface area contributed by atoms with Crippen molar-refractivity contribution in [3.05, 3.63) is 17.7 Å². The summed E-state index contributed by atoms with van der Waals surface area (Å²) in [6.45, 7) is 2.52. The Bertz CT molecular complexity index is 439. The minimum atomic E-state index is 0.0840. The molecule has 0 atom stereocenters. The highest BCUT2D eigenvalue weighted by Gasteiger charge is 2.08. The van der Waals surface area contributed by atoms with Crippen molar-refractivity contribution in [2.75, 3.05) is 18.5 Å². The second-order valence-electron chi connectivity index (χ2n) is 3.04. The van der Waals surface area contributed by atoms with Crippen molar-refractivity contribution >= 4 is 16.7 Å². The van der Waals surface area contributed by atoms with Crippen LogP contribution in [-0.4, -0.2) is 28.6 Å². The Hall–Kier alpha value is -1.62. The van der Waals surface area contributed by atoms with E-state index in [2.05, 4.69) is 20.3 Å². The number of anilines is 1. The molecule has 0 unspecified atom stereocenters. The van der Waals surface area contributed by atoms with E-state index in [4.69, 9.17) is 5.11 Å². The monoisotopic (exact) mass is 193 g/mol. The van der Waals surface area contributed by atoms with E-state index in [-0.39, 0.29) is 6.61 Å². The zero-order chi connectivity index (χ0) is 9.97. The van der Waals surface area contributed by atoms with Gasteiger partial charge in [0.25, 0.3) is 0 Å². The summed E-state index contributed by atoms with van der Waals surface area (Å²) in [6, 6.07) is 3.84. The molecule has 0 aliphatic carbocycles. The smallest absolute Gasteiger partial charge is 0.158 e. The van der Waals surface area contributed by atoms with Crippen LogP contribution in [0.25, 0.3) is 11.0 Å². The number of aromatic nitrogens is 2. The number of aliphatic hydroxyl groups is 1. The number of hydrogen-bond acceptors (Lipinski definition) is 5. The number of nitrogens with one attached hydrogen (secondary N) is 1. The van der Waals surface area contributed by atoms with Gasteiger partial charge in [-0.1, -0.05) is 6.07 Å². The highest BCUT2D eigenvalue weighted by Crippen LogP contribution is 2.22. The lowest BCUT2D eigenvalue weighted by Gasteiger charge is -2.04. The highest BCUT2D eigenvalue weighted by molar-refractivity contribution is 5.89. The SMILES string of the molecule is Cc1ccc(NCCO)c2nonc12. The largest absolute Gasteiger partial charge is 0.395 e. The molecule has 14 heavy (non-hydrogen) atoms. The molecule has 1 heterocycles. The summed E-state index contributed by atoms with van der Waals surface area (Å²) in [5.74, 6) is 0. The van der Waals surface area contributed by atoms with E-state index >= 15 is 0 Å². The minimum Gasteiger partial charge on any atom is -0.395 e. The lowest BCUT2D eigenvalue weighted by atomic mass is 10.2. The first kappa shape index (κ1) is 8.96. The molecule has 1 aromatic heterocycles. The first-order chi connectivity index (χ1) is 6.83. The Morgan fingerprint density at radius 2 is 2.14 bits per heavy atom. The van der Waals surface area contributed by atoms with Gasteiger partial charge in [0.15, 0.2) is 5.52 Å². The first-order valence-electron chi connectivity index (χ1n) is 4.39. The normalized spacial score (nSPS) is 10.7. The van der Waals surface area contributed by atoms with E-state index in [1.807, 2.05) is 19.1 Å². The van der Waals surface area contributed by atoms with E-state index in [1.54, 1.807) is 0 Å². The third kappa shape index (κ3) is 1.42. The van der Waals surface area contributed by atoms with Crippen LogP contribution in [0.5, 0.6) is 0 Å². The Balaban J connectivity index is 2.45. The Kier molecular flexibility index (Phi) is 2.32. The van der Waals surface area contributed by atoms with Crippen LogP contribution in [0.15, 0.2) is 16.8 Å². The molecule has 0 aliphatic rings. The maximum Gasteiger partial charge on any atom is 0.158 e. The van der Waals surface area contributed by atoms with Crippen molar-refractivity contribution in [1.29, 1.82) is 0 Å². The van der Waals surface area contributed by atoms with Crippen LogP contribution in [0.4, 0.5) is 5.69 Å². The second-order valence-corrected chi connectivity index (χ2v) is 3.04. The second kappa shape index (κ2) is 3.63. The third-order valence-corrected chi connectivity index (χ3v) is 2.04. The van der Waals surface area contributed by atoms with E-state index in [0.29, 0.717) is 12.1 Å². The van der Waals surface area contributed by atoms with Crippen molar-refractivity contribution < 1.29 is 9.74 Å². The van der Waals surface area contributed by atoms with Gasteiger partial charge in [0.2, 0.25) is 0 Å². The third-order valence-electron chi connectivity index (χ3n) is 2.04. The van der Waals surface area contributed by atoms with Gasteiger partial charge in [-0.15, -0.1) is 0 Å². The number of aliphatic hydroxyl groups excluding tert-OH is 1. The molecule has 0 fully saturated rings. The Labute approximate surface area is 80.7 Å². The molecule has 0 amide bonds.